The second-order valence-electron chi connectivity index (χ2n) is 3.32. The van der Waals surface area contributed by atoms with E-state index >= 15 is 0 Å². The molecule has 2 nitrogen and oxygen atoms in total. The van der Waals surface area contributed by atoms with Gasteiger partial charge in [-0.1, -0.05) is 0 Å². The lowest BCUT2D eigenvalue weighted by molar-refractivity contribution is 0.453. The second-order valence-corrected chi connectivity index (χ2v) is 3.32. The van der Waals surface area contributed by atoms with Crippen LogP contribution in [0, 0.1) is 11.8 Å². The molecular formula is C7H14N2. The van der Waals surface area contributed by atoms with Gasteiger partial charge < -0.3 is 11.1 Å². The van der Waals surface area contributed by atoms with Crippen LogP contribution in [0.15, 0.2) is 0 Å². The van der Waals surface area contributed by atoms with Crippen LogP contribution in [0.2, 0.25) is 0 Å². The minimum absolute atomic E-state index is 0.505. The third-order valence-corrected chi connectivity index (χ3v) is 2.81. The van der Waals surface area contributed by atoms with Crippen molar-refractivity contribution in [2.75, 3.05) is 13.1 Å². The Labute approximate surface area is 55.8 Å². The van der Waals surface area contributed by atoms with Crippen molar-refractivity contribution in [2.45, 2.75) is 18.9 Å². The van der Waals surface area contributed by atoms with E-state index in [0.717, 1.165) is 11.8 Å². The van der Waals surface area contributed by atoms with Gasteiger partial charge in [-0.05, 0) is 37.8 Å². The molecule has 0 aromatic rings. The van der Waals surface area contributed by atoms with Gasteiger partial charge in [0.2, 0.25) is 0 Å². The van der Waals surface area contributed by atoms with Gasteiger partial charge in [0.1, 0.15) is 0 Å². The Morgan fingerprint density at radius 2 is 2.11 bits per heavy atom. The number of hydrogen-bond acceptors (Lipinski definition) is 2. The molecule has 1 saturated carbocycles. The first-order valence-corrected chi connectivity index (χ1v) is 3.84. The fraction of sp³-hybridized carbons (Fsp3) is 1.00. The summed E-state index contributed by atoms with van der Waals surface area (Å²) in [6, 6.07) is 0.505. The summed E-state index contributed by atoms with van der Waals surface area (Å²) < 4.78 is 0. The molecule has 2 heteroatoms. The molecule has 1 heterocycles. The standard InChI is InChI=1S/C7H14N2/c8-7-2-1-5-3-9-4-6(5)7/h5-7,9H,1-4,8H2/t5-,6+,7+/m0/s1. The second kappa shape index (κ2) is 1.96. The van der Waals surface area contributed by atoms with Gasteiger partial charge in [0, 0.05) is 6.04 Å². The highest BCUT2D eigenvalue weighted by Gasteiger charge is 2.36. The topological polar surface area (TPSA) is 38.0 Å². The van der Waals surface area contributed by atoms with Crippen LogP contribution in [-0.4, -0.2) is 19.1 Å². The monoisotopic (exact) mass is 126 g/mol. The number of rotatable bonds is 0. The molecule has 1 saturated heterocycles. The summed E-state index contributed by atoms with van der Waals surface area (Å²) in [4.78, 5) is 0. The molecule has 2 rings (SSSR count). The van der Waals surface area contributed by atoms with Gasteiger partial charge in [0.05, 0.1) is 0 Å². The SMILES string of the molecule is N[C@@H]1CC[C@H]2CNC[C@H]21. The average Bonchev–Trinajstić information content (AvgIpc) is 2.35. The minimum atomic E-state index is 0.505. The van der Waals surface area contributed by atoms with Gasteiger partial charge in [-0.15, -0.1) is 0 Å². The van der Waals surface area contributed by atoms with Gasteiger partial charge in [-0.3, -0.25) is 0 Å². The van der Waals surface area contributed by atoms with E-state index in [-0.39, 0.29) is 0 Å². The van der Waals surface area contributed by atoms with Crippen LogP contribution in [0.25, 0.3) is 0 Å². The Kier molecular flexibility index (Phi) is 1.24. The maximum atomic E-state index is 5.88. The smallest absolute Gasteiger partial charge is 0.00825 e. The molecule has 1 aliphatic carbocycles. The quantitative estimate of drug-likeness (QED) is 0.477. The number of nitrogens with two attached hydrogens (primary N) is 1. The summed E-state index contributed by atoms with van der Waals surface area (Å²) in [7, 11) is 0. The fourth-order valence-electron chi connectivity index (χ4n) is 2.19. The summed E-state index contributed by atoms with van der Waals surface area (Å²) in [5.74, 6) is 1.73. The third-order valence-electron chi connectivity index (χ3n) is 2.81. The van der Waals surface area contributed by atoms with Crippen molar-refractivity contribution in [2.24, 2.45) is 17.6 Å². The molecule has 0 radical (unpaired) electrons. The van der Waals surface area contributed by atoms with E-state index in [4.69, 9.17) is 5.73 Å². The zero-order valence-corrected chi connectivity index (χ0v) is 5.64. The molecule has 0 aromatic heterocycles. The first-order chi connectivity index (χ1) is 4.38. The normalized spacial score (nSPS) is 49.7. The molecule has 1 aliphatic heterocycles. The van der Waals surface area contributed by atoms with E-state index in [1.165, 1.54) is 25.9 Å². The van der Waals surface area contributed by atoms with E-state index in [1.54, 1.807) is 0 Å². The molecule has 0 unspecified atom stereocenters. The summed E-state index contributed by atoms with van der Waals surface area (Å²) in [5, 5.41) is 3.37. The summed E-state index contributed by atoms with van der Waals surface area (Å²) in [6.45, 7) is 2.39. The van der Waals surface area contributed by atoms with Crippen LogP contribution in [0.3, 0.4) is 0 Å². The van der Waals surface area contributed by atoms with Crippen molar-refractivity contribution in [3.8, 4) is 0 Å². The summed E-state index contributed by atoms with van der Waals surface area (Å²) in [5.41, 5.74) is 5.88. The molecule has 3 atom stereocenters. The maximum absolute atomic E-state index is 5.88. The first kappa shape index (κ1) is 5.69. The van der Waals surface area contributed by atoms with Crippen LogP contribution in [0.1, 0.15) is 12.8 Å². The highest BCUT2D eigenvalue weighted by molar-refractivity contribution is 4.93. The van der Waals surface area contributed by atoms with Gasteiger partial charge >= 0.3 is 0 Å². The predicted molar refractivity (Wildman–Crippen MR) is 37.1 cm³/mol. The molecule has 0 amide bonds. The minimum Gasteiger partial charge on any atom is -0.327 e. The lowest BCUT2D eigenvalue weighted by Crippen LogP contribution is -2.28. The summed E-state index contributed by atoms with van der Waals surface area (Å²) >= 11 is 0. The van der Waals surface area contributed by atoms with Gasteiger partial charge in [0.15, 0.2) is 0 Å². The summed E-state index contributed by atoms with van der Waals surface area (Å²) in [6.07, 6.45) is 2.62. The number of fused-ring (bicyclic) bond motifs is 1. The van der Waals surface area contributed by atoms with Crippen LogP contribution in [-0.2, 0) is 0 Å². The van der Waals surface area contributed by atoms with Crippen molar-refractivity contribution in [3.05, 3.63) is 0 Å². The predicted octanol–water partition coefficient (Wildman–Crippen LogP) is -0.0569. The highest BCUT2D eigenvalue weighted by atomic mass is 14.9. The van der Waals surface area contributed by atoms with E-state index in [1.807, 2.05) is 0 Å². The Morgan fingerprint density at radius 1 is 1.22 bits per heavy atom. The van der Waals surface area contributed by atoms with Crippen molar-refractivity contribution < 1.29 is 0 Å². The van der Waals surface area contributed by atoms with Gasteiger partial charge in [0.25, 0.3) is 0 Å². The van der Waals surface area contributed by atoms with Crippen LogP contribution in [0.5, 0.6) is 0 Å². The molecule has 52 valence electrons. The first-order valence-electron chi connectivity index (χ1n) is 3.84. The molecule has 9 heavy (non-hydrogen) atoms. The van der Waals surface area contributed by atoms with Crippen LogP contribution >= 0.6 is 0 Å². The van der Waals surface area contributed by atoms with Crippen molar-refractivity contribution in [1.29, 1.82) is 0 Å². The third kappa shape index (κ3) is 0.775. The number of hydrogen-bond donors (Lipinski definition) is 2. The Bertz CT molecular complexity index is 113. The van der Waals surface area contributed by atoms with E-state index in [2.05, 4.69) is 5.32 Å². The zero-order valence-electron chi connectivity index (χ0n) is 5.64. The van der Waals surface area contributed by atoms with Gasteiger partial charge in [-0.25, -0.2) is 0 Å². The average molecular weight is 126 g/mol. The fourth-order valence-corrected chi connectivity index (χ4v) is 2.19. The molecular weight excluding hydrogens is 112 g/mol. The van der Waals surface area contributed by atoms with Crippen LogP contribution < -0.4 is 11.1 Å². The molecule has 3 N–H and O–H groups in total. The largest absolute Gasteiger partial charge is 0.327 e. The Morgan fingerprint density at radius 3 is 2.89 bits per heavy atom. The molecule has 0 bridgehead atoms. The lowest BCUT2D eigenvalue weighted by Gasteiger charge is -2.10. The van der Waals surface area contributed by atoms with Crippen molar-refractivity contribution in [1.82, 2.24) is 5.32 Å². The van der Waals surface area contributed by atoms with E-state index < -0.39 is 0 Å². The van der Waals surface area contributed by atoms with Crippen LogP contribution in [0.4, 0.5) is 0 Å². The molecule has 0 aromatic carbocycles. The van der Waals surface area contributed by atoms with Gasteiger partial charge in [-0.2, -0.15) is 0 Å². The van der Waals surface area contributed by atoms with E-state index in [0.29, 0.717) is 6.04 Å². The number of nitrogens with one attached hydrogen (secondary N) is 1. The Hall–Kier alpha value is -0.0800. The van der Waals surface area contributed by atoms with Crippen molar-refractivity contribution >= 4 is 0 Å². The zero-order chi connectivity index (χ0) is 6.27. The Balaban J connectivity index is 2.07. The maximum Gasteiger partial charge on any atom is 0.00825 e. The van der Waals surface area contributed by atoms with Crippen molar-refractivity contribution in [3.63, 3.8) is 0 Å². The highest BCUT2D eigenvalue weighted by Crippen LogP contribution is 2.32. The molecule has 2 fully saturated rings. The van der Waals surface area contributed by atoms with E-state index in [9.17, 15) is 0 Å². The lowest BCUT2D eigenvalue weighted by atomic mass is 9.98. The molecule has 0 spiro atoms. The molecule has 2 aliphatic rings.